The third-order valence-corrected chi connectivity index (χ3v) is 2.96. The van der Waals surface area contributed by atoms with Crippen LogP contribution in [0.3, 0.4) is 0 Å². The van der Waals surface area contributed by atoms with Gasteiger partial charge in [-0.1, -0.05) is 6.07 Å². The third kappa shape index (κ3) is 1.69. The molecule has 0 amide bonds. The summed E-state index contributed by atoms with van der Waals surface area (Å²) in [5.41, 5.74) is 8.87. The average molecular weight is 239 g/mol. The highest BCUT2D eigenvalue weighted by molar-refractivity contribution is 5.95. The zero-order valence-electron chi connectivity index (χ0n) is 10.0. The van der Waals surface area contributed by atoms with E-state index in [1.807, 2.05) is 31.5 Å². The molecule has 3 N–H and O–H groups in total. The summed E-state index contributed by atoms with van der Waals surface area (Å²) in [6, 6.07) is 6.09. The number of aliphatic imine (C=N–C) groups is 1. The summed E-state index contributed by atoms with van der Waals surface area (Å²) in [6.07, 6.45) is 3.84. The first-order valence-corrected chi connectivity index (χ1v) is 5.72. The number of hydrogen-bond donors (Lipinski definition) is 2. The van der Waals surface area contributed by atoms with Crippen molar-refractivity contribution >= 4 is 34.5 Å². The zero-order valence-corrected chi connectivity index (χ0v) is 10.0. The van der Waals surface area contributed by atoms with Gasteiger partial charge < -0.3 is 11.1 Å². The Morgan fingerprint density at radius 3 is 2.89 bits per heavy atom. The fourth-order valence-electron chi connectivity index (χ4n) is 2.07. The lowest BCUT2D eigenvalue weighted by Crippen LogP contribution is -2.01. The number of allylic oxidation sites excluding steroid dienone is 1. The number of nitrogens with one attached hydrogen (secondary N) is 1. The highest BCUT2D eigenvalue weighted by Crippen LogP contribution is 2.25. The fourth-order valence-corrected chi connectivity index (χ4v) is 2.07. The largest absolute Gasteiger partial charge is 0.372 e. The van der Waals surface area contributed by atoms with E-state index in [9.17, 15) is 0 Å². The molecule has 18 heavy (non-hydrogen) atoms. The van der Waals surface area contributed by atoms with Gasteiger partial charge in [-0.25, -0.2) is 4.98 Å². The van der Waals surface area contributed by atoms with Crippen LogP contribution in [0, 0.1) is 0 Å². The molecule has 0 saturated heterocycles. The van der Waals surface area contributed by atoms with Gasteiger partial charge in [-0.15, -0.1) is 0 Å². The predicted molar refractivity (Wildman–Crippen MR) is 74.8 cm³/mol. The van der Waals surface area contributed by atoms with Crippen LogP contribution in [-0.2, 0) is 0 Å². The molecule has 0 saturated carbocycles. The Morgan fingerprint density at radius 2 is 2.17 bits per heavy atom. The van der Waals surface area contributed by atoms with Crippen molar-refractivity contribution in [1.29, 1.82) is 0 Å². The summed E-state index contributed by atoms with van der Waals surface area (Å²) in [7, 11) is 1.82. The highest BCUT2D eigenvalue weighted by Gasteiger charge is 2.09. The minimum atomic E-state index is 0.278. The standard InChI is InChI=1S/C13H13N5/c1-15-12-10-3-2-8(9-4-5-16-7-9)6-11(10)17-13(14)18-12/h2-6H,7H2,1H3,(H3,14,15,17,18). The molecule has 1 aromatic carbocycles. The Labute approximate surface area is 104 Å². The van der Waals surface area contributed by atoms with Crippen LogP contribution in [0.2, 0.25) is 0 Å². The second kappa shape index (κ2) is 4.10. The summed E-state index contributed by atoms with van der Waals surface area (Å²) in [5, 5.41) is 4.00. The van der Waals surface area contributed by atoms with Crippen molar-refractivity contribution < 1.29 is 0 Å². The maximum atomic E-state index is 5.70. The first-order valence-electron chi connectivity index (χ1n) is 5.72. The van der Waals surface area contributed by atoms with Crippen LogP contribution in [0.1, 0.15) is 5.56 Å². The lowest BCUT2D eigenvalue weighted by Gasteiger charge is -2.08. The monoisotopic (exact) mass is 239 g/mol. The van der Waals surface area contributed by atoms with Gasteiger partial charge in [0, 0.05) is 18.6 Å². The molecule has 1 aliphatic heterocycles. The fraction of sp³-hybridized carbons (Fsp3) is 0.154. The van der Waals surface area contributed by atoms with Gasteiger partial charge in [0.25, 0.3) is 0 Å². The van der Waals surface area contributed by atoms with Gasteiger partial charge in [0.2, 0.25) is 5.95 Å². The number of anilines is 2. The molecular formula is C13H13N5. The van der Waals surface area contributed by atoms with Gasteiger partial charge in [-0.05, 0) is 29.3 Å². The molecule has 0 spiro atoms. The number of rotatable bonds is 2. The van der Waals surface area contributed by atoms with Crippen molar-refractivity contribution in [2.24, 2.45) is 4.99 Å². The molecule has 5 nitrogen and oxygen atoms in total. The normalized spacial score (nSPS) is 13.9. The third-order valence-electron chi connectivity index (χ3n) is 2.96. The molecule has 90 valence electrons. The Bertz CT molecular complexity index is 672. The first-order chi connectivity index (χ1) is 8.78. The van der Waals surface area contributed by atoms with Gasteiger partial charge in [0.15, 0.2) is 0 Å². The van der Waals surface area contributed by atoms with Crippen molar-refractivity contribution in [3.05, 3.63) is 29.8 Å². The van der Waals surface area contributed by atoms with E-state index >= 15 is 0 Å². The topological polar surface area (TPSA) is 76.2 Å². The molecule has 0 unspecified atom stereocenters. The first kappa shape index (κ1) is 10.7. The van der Waals surface area contributed by atoms with Crippen molar-refractivity contribution in [3.8, 4) is 0 Å². The molecule has 0 radical (unpaired) electrons. The molecule has 2 aromatic rings. The van der Waals surface area contributed by atoms with Crippen LogP contribution in [0.5, 0.6) is 0 Å². The van der Waals surface area contributed by atoms with Crippen LogP contribution >= 0.6 is 0 Å². The lowest BCUT2D eigenvalue weighted by molar-refractivity contribution is 1.22. The van der Waals surface area contributed by atoms with Gasteiger partial charge in [-0.3, -0.25) is 4.99 Å². The number of nitrogens with zero attached hydrogens (tertiary/aromatic N) is 3. The number of nitrogen functional groups attached to an aromatic ring is 1. The number of aromatic nitrogens is 2. The van der Waals surface area contributed by atoms with E-state index in [-0.39, 0.29) is 5.95 Å². The van der Waals surface area contributed by atoms with Gasteiger partial charge >= 0.3 is 0 Å². The van der Waals surface area contributed by atoms with E-state index in [0.29, 0.717) is 0 Å². The van der Waals surface area contributed by atoms with Gasteiger partial charge in [-0.2, -0.15) is 4.98 Å². The molecular weight excluding hydrogens is 226 g/mol. The minimum Gasteiger partial charge on any atom is -0.372 e. The summed E-state index contributed by atoms with van der Waals surface area (Å²) in [6.45, 7) is 0.727. The van der Waals surface area contributed by atoms with E-state index in [4.69, 9.17) is 5.73 Å². The minimum absolute atomic E-state index is 0.278. The molecule has 5 heteroatoms. The Morgan fingerprint density at radius 1 is 1.28 bits per heavy atom. The lowest BCUT2D eigenvalue weighted by atomic mass is 10.0. The number of benzene rings is 1. The van der Waals surface area contributed by atoms with Gasteiger partial charge in [0.05, 0.1) is 12.1 Å². The van der Waals surface area contributed by atoms with Crippen molar-refractivity contribution in [3.63, 3.8) is 0 Å². The van der Waals surface area contributed by atoms with E-state index in [0.717, 1.165) is 28.8 Å². The quantitative estimate of drug-likeness (QED) is 0.836. The van der Waals surface area contributed by atoms with E-state index in [2.05, 4.69) is 26.3 Å². The Hall–Kier alpha value is -2.43. The molecule has 0 aliphatic carbocycles. The van der Waals surface area contributed by atoms with Crippen molar-refractivity contribution in [2.75, 3.05) is 24.6 Å². The van der Waals surface area contributed by atoms with Crippen LogP contribution in [0.25, 0.3) is 16.5 Å². The molecule has 0 fully saturated rings. The highest BCUT2D eigenvalue weighted by atomic mass is 15.1. The maximum absolute atomic E-state index is 5.70. The predicted octanol–water partition coefficient (Wildman–Crippen LogP) is 1.72. The number of nitrogens with two attached hydrogens (primary N) is 1. The van der Waals surface area contributed by atoms with E-state index in [1.54, 1.807) is 0 Å². The molecule has 0 bridgehead atoms. The van der Waals surface area contributed by atoms with Crippen molar-refractivity contribution in [1.82, 2.24) is 9.97 Å². The summed E-state index contributed by atoms with van der Waals surface area (Å²) in [5.74, 6) is 1.03. The molecule has 1 aliphatic rings. The molecule has 0 atom stereocenters. The van der Waals surface area contributed by atoms with Crippen LogP contribution < -0.4 is 11.1 Å². The van der Waals surface area contributed by atoms with E-state index < -0.39 is 0 Å². The molecule has 1 aromatic heterocycles. The summed E-state index contributed by atoms with van der Waals surface area (Å²) >= 11 is 0. The second-order valence-corrected chi connectivity index (χ2v) is 4.09. The SMILES string of the molecule is CNc1nc(N)nc2cc(C3=CC=NC3)ccc12. The summed E-state index contributed by atoms with van der Waals surface area (Å²) < 4.78 is 0. The molecule has 2 heterocycles. The summed E-state index contributed by atoms with van der Waals surface area (Å²) in [4.78, 5) is 12.6. The average Bonchev–Trinajstić information content (AvgIpc) is 2.90. The van der Waals surface area contributed by atoms with Crippen molar-refractivity contribution in [2.45, 2.75) is 0 Å². The van der Waals surface area contributed by atoms with E-state index in [1.165, 1.54) is 5.57 Å². The van der Waals surface area contributed by atoms with Crippen LogP contribution in [0.4, 0.5) is 11.8 Å². The second-order valence-electron chi connectivity index (χ2n) is 4.09. The van der Waals surface area contributed by atoms with Gasteiger partial charge in [0.1, 0.15) is 5.82 Å². The van der Waals surface area contributed by atoms with Crippen LogP contribution in [0.15, 0.2) is 29.3 Å². The smallest absolute Gasteiger partial charge is 0.222 e. The van der Waals surface area contributed by atoms with Crippen LogP contribution in [-0.4, -0.2) is 29.8 Å². The zero-order chi connectivity index (χ0) is 12.5. The Balaban J connectivity index is 2.17. The molecule has 3 rings (SSSR count). The Kier molecular flexibility index (Phi) is 2.44. The number of hydrogen-bond acceptors (Lipinski definition) is 5. The number of fused-ring (bicyclic) bond motifs is 1. The maximum Gasteiger partial charge on any atom is 0.222 e.